The first-order valence-electron chi connectivity index (χ1n) is 9.85. The zero-order valence-corrected chi connectivity index (χ0v) is 16.7. The number of nitrogens with one attached hydrogen (secondary N) is 2. The van der Waals surface area contributed by atoms with Gasteiger partial charge in [0.25, 0.3) is 0 Å². The van der Waals surface area contributed by atoms with Crippen LogP contribution in [0.4, 0.5) is 4.79 Å². The van der Waals surface area contributed by atoms with E-state index in [1.54, 1.807) is 4.90 Å². The SMILES string of the molecule is CCNC(=NCc1ccccc1OCC)NC1CCN(C(=O)OCC)CC1. The molecule has 1 heterocycles. The van der Waals surface area contributed by atoms with Crippen LogP contribution in [0.5, 0.6) is 5.75 Å². The van der Waals surface area contributed by atoms with Gasteiger partial charge in [0, 0.05) is 31.2 Å². The molecule has 0 atom stereocenters. The maximum absolute atomic E-state index is 11.8. The second kappa shape index (κ2) is 11.3. The largest absolute Gasteiger partial charge is 0.494 e. The number of benzene rings is 1. The van der Waals surface area contributed by atoms with Crippen molar-refractivity contribution in [1.29, 1.82) is 0 Å². The van der Waals surface area contributed by atoms with Crippen molar-refractivity contribution in [2.45, 2.75) is 46.2 Å². The average Bonchev–Trinajstić information content (AvgIpc) is 2.68. The number of guanidine groups is 1. The second-order valence-corrected chi connectivity index (χ2v) is 6.34. The molecule has 0 bridgehead atoms. The first-order chi connectivity index (χ1) is 13.2. The number of amides is 1. The fourth-order valence-electron chi connectivity index (χ4n) is 3.03. The summed E-state index contributed by atoms with van der Waals surface area (Å²) in [5.41, 5.74) is 1.06. The van der Waals surface area contributed by atoms with E-state index in [9.17, 15) is 4.79 Å². The highest BCUT2D eigenvalue weighted by Gasteiger charge is 2.24. The first kappa shape index (κ1) is 20.9. The third-order valence-electron chi connectivity index (χ3n) is 4.39. The van der Waals surface area contributed by atoms with Gasteiger partial charge in [0.1, 0.15) is 5.75 Å². The van der Waals surface area contributed by atoms with Crippen LogP contribution in [0.3, 0.4) is 0 Å². The van der Waals surface area contributed by atoms with Crippen molar-refractivity contribution in [3.8, 4) is 5.75 Å². The Morgan fingerprint density at radius 1 is 1.19 bits per heavy atom. The number of rotatable bonds is 7. The molecule has 27 heavy (non-hydrogen) atoms. The Hall–Kier alpha value is -2.44. The van der Waals surface area contributed by atoms with Crippen LogP contribution in [-0.4, -0.2) is 55.8 Å². The van der Waals surface area contributed by atoms with Gasteiger partial charge in [-0.2, -0.15) is 0 Å². The van der Waals surface area contributed by atoms with Gasteiger partial charge in [-0.1, -0.05) is 18.2 Å². The third-order valence-corrected chi connectivity index (χ3v) is 4.39. The fourth-order valence-corrected chi connectivity index (χ4v) is 3.03. The number of aliphatic imine (C=N–C) groups is 1. The Morgan fingerprint density at radius 3 is 2.59 bits per heavy atom. The lowest BCUT2D eigenvalue weighted by Crippen LogP contribution is -2.49. The van der Waals surface area contributed by atoms with Crippen LogP contribution >= 0.6 is 0 Å². The molecule has 1 aromatic rings. The van der Waals surface area contributed by atoms with E-state index in [1.807, 2.05) is 38.1 Å². The molecule has 1 fully saturated rings. The number of piperidine rings is 1. The lowest BCUT2D eigenvalue weighted by Gasteiger charge is -2.32. The zero-order chi connectivity index (χ0) is 19.5. The molecule has 0 spiro atoms. The maximum atomic E-state index is 11.8. The quantitative estimate of drug-likeness (QED) is 0.565. The molecule has 150 valence electrons. The zero-order valence-electron chi connectivity index (χ0n) is 16.7. The summed E-state index contributed by atoms with van der Waals surface area (Å²) in [4.78, 5) is 18.3. The summed E-state index contributed by atoms with van der Waals surface area (Å²) in [6, 6.07) is 8.27. The van der Waals surface area contributed by atoms with E-state index in [1.165, 1.54) is 0 Å². The molecule has 0 aliphatic carbocycles. The molecule has 7 nitrogen and oxygen atoms in total. The molecule has 1 amide bonds. The Morgan fingerprint density at radius 2 is 1.93 bits per heavy atom. The molecule has 0 unspecified atom stereocenters. The molecule has 0 radical (unpaired) electrons. The van der Waals surface area contributed by atoms with Crippen molar-refractivity contribution in [2.75, 3.05) is 32.8 Å². The molecule has 7 heteroatoms. The smallest absolute Gasteiger partial charge is 0.409 e. The predicted molar refractivity (Wildman–Crippen MR) is 107 cm³/mol. The van der Waals surface area contributed by atoms with Gasteiger partial charge in [-0.15, -0.1) is 0 Å². The fraction of sp³-hybridized carbons (Fsp3) is 0.600. The highest BCUT2D eigenvalue weighted by atomic mass is 16.6. The number of carbonyl (C=O) groups excluding carboxylic acids is 1. The Labute approximate surface area is 162 Å². The number of para-hydroxylation sites is 1. The Balaban J connectivity index is 1.92. The molecular formula is C20H32N4O3. The monoisotopic (exact) mass is 376 g/mol. The van der Waals surface area contributed by atoms with Gasteiger partial charge in [-0.3, -0.25) is 0 Å². The van der Waals surface area contributed by atoms with Crippen molar-refractivity contribution in [3.05, 3.63) is 29.8 Å². The van der Waals surface area contributed by atoms with E-state index in [-0.39, 0.29) is 12.1 Å². The van der Waals surface area contributed by atoms with Crippen LogP contribution in [0.2, 0.25) is 0 Å². The summed E-state index contributed by atoms with van der Waals surface area (Å²) in [5.74, 6) is 1.67. The lowest BCUT2D eigenvalue weighted by atomic mass is 10.1. The molecule has 0 aromatic heterocycles. The van der Waals surface area contributed by atoms with Crippen LogP contribution in [-0.2, 0) is 11.3 Å². The maximum Gasteiger partial charge on any atom is 0.409 e. The third kappa shape index (κ3) is 6.66. The van der Waals surface area contributed by atoms with Crippen LogP contribution in [0.25, 0.3) is 0 Å². The highest BCUT2D eigenvalue weighted by molar-refractivity contribution is 5.80. The van der Waals surface area contributed by atoms with E-state index in [0.29, 0.717) is 32.8 Å². The van der Waals surface area contributed by atoms with Crippen molar-refractivity contribution < 1.29 is 14.3 Å². The second-order valence-electron chi connectivity index (χ2n) is 6.34. The number of carbonyl (C=O) groups is 1. The van der Waals surface area contributed by atoms with Gasteiger partial charge in [0.15, 0.2) is 5.96 Å². The Kier molecular flexibility index (Phi) is 8.74. The minimum Gasteiger partial charge on any atom is -0.494 e. The molecule has 1 aliphatic heterocycles. The van der Waals surface area contributed by atoms with E-state index in [2.05, 4.69) is 17.6 Å². The molecule has 1 aromatic carbocycles. The normalized spacial score (nSPS) is 15.4. The topological polar surface area (TPSA) is 75.2 Å². The van der Waals surface area contributed by atoms with Gasteiger partial charge in [0.05, 0.1) is 19.8 Å². The molecule has 0 saturated carbocycles. The van der Waals surface area contributed by atoms with E-state index >= 15 is 0 Å². The Bertz CT molecular complexity index is 613. The number of likely N-dealkylation sites (tertiary alicyclic amines) is 1. The number of nitrogens with zero attached hydrogens (tertiary/aromatic N) is 2. The van der Waals surface area contributed by atoms with Crippen LogP contribution in [0, 0.1) is 0 Å². The van der Waals surface area contributed by atoms with Crippen molar-refractivity contribution >= 4 is 12.1 Å². The number of ether oxygens (including phenoxy) is 2. The molecular weight excluding hydrogens is 344 g/mol. The minimum atomic E-state index is -0.218. The van der Waals surface area contributed by atoms with Crippen molar-refractivity contribution in [2.24, 2.45) is 4.99 Å². The summed E-state index contributed by atoms with van der Waals surface area (Å²) < 4.78 is 10.7. The van der Waals surface area contributed by atoms with Crippen LogP contribution < -0.4 is 15.4 Å². The molecule has 2 N–H and O–H groups in total. The van der Waals surface area contributed by atoms with Gasteiger partial charge >= 0.3 is 6.09 Å². The summed E-state index contributed by atoms with van der Waals surface area (Å²) >= 11 is 0. The van der Waals surface area contributed by atoms with Crippen LogP contribution in [0.1, 0.15) is 39.2 Å². The summed E-state index contributed by atoms with van der Waals surface area (Å²) in [6.45, 7) is 9.65. The highest BCUT2D eigenvalue weighted by Crippen LogP contribution is 2.19. The lowest BCUT2D eigenvalue weighted by molar-refractivity contribution is 0.0963. The van der Waals surface area contributed by atoms with Crippen molar-refractivity contribution in [3.63, 3.8) is 0 Å². The summed E-state index contributed by atoms with van der Waals surface area (Å²) in [7, 11) is 0. The minimum absolute atomic E-state index is 0.218. The summed E-state index contributed by atoms with van der Waals surface area (Å²) in [5, 5.41) is 6.79. The number of hydrogen-bond acceptors (Lipinski definition) is 4. The molecule has 1 aliphatic rings. The van der Waals surface area contributed by atoms with Gasteiger partial charge in [-0.05, 0) is 39.7 Å². The van der Waals surface area contributed by atoms with Crippen molar-refractivity contribution in [1.82, 2.24) is 15.5 Å². The van der Waals surface area contributed by atoms with Gasteiger partial charge in [0.2, 0.25) is 0 Å². The number of hydrogen-bond donors (Lipinski definition) is 2. The van der Waals surface area contributed by atoms with E-state index in [4.69, 9.17) is 14.5 Å². The van der Waals surface area contributed by atoms with Gasteiger partial charge < -0.3 is 25.0 Å². The summed E-state index contributed by atoms with van der Waals surface area (Å²) in [6.07, 6.45) is 1.53. The van der Waals surface area contributed by atoms with E-state index < -0.39 is 0 Å². The van der Waals surface area contributed by atoms with Crippen LogP contribution in [0.15, 0.2) is 29.3 Å². The predicted octanol–water partition coefficient (Wildman–Crippen LogP) is 2.76. The molecule has 2 rings (SSSR count). The first-order valence-corrected chi connectivity index (χ1v) is 9.85. The standard InChI is InChI=1S/C20H32N4O3/c1-4-21-19(22-15-16-9-7-8-10-18(16)26-5-2)23-17-11-13-24(14-12-17)20(25)27-6-3/h7-10,17H,4-6,11-15H2,1-3H3,(H2,21,22,23). The average molecular weight is 377 g/mol. The van der Waals surface area contributed by atoms with E-state index in [0.717, 1.165) is 36.7 Å². The van der Waals surface area contributed by atoms with Gasteiger partial charge in [-0.25, -0.2) is 9.79 Å². The molecule has 1 saturated heterocycles.